The molecule has 0 spiro atoms. The zero-order chi connectivity index (χ0) is 24.1. The molecule has 1 aliphatic rings. The van der Waals surface area contributed by atoms with Crippen molar-refractivity contribution in [2.45, 2.75) is 38.8 Å². The topological polar surface area (TPSA) is 113 Å². The van der Waals surface area contributed by atoms with Crippen molar-refractivity contribution in [3.8, 4) is 5.69 Å². The van der Waals surface area contributed by atoms with Crippen LogP contribution >= 0.6 is 23.2 Å². The third-order valence-corrected chi connectivity index (χ3v) is 5.85. The van der Waals surface area contributed by atoms with Gasteiger partial charge < -0.3 is 14.2 Å². The van der Waals surface area contributed by atoms with Gasteiger partial charge in [-0.3, -0.25) is 14.9 Å². The maximum absolute atomic E-state index is 12.8. The van der Waals surface area contributed by atoms with Crippen LogP contribution in [-0.2, 0) is 4.74 Å². The lowest BCUT2D eigenvalue weighted by Gasteiger charge is -2.24. The van der Waals surface area contributed by atoms with Gasteiger partial charge in [0.25, 0.3) is 11.2 Å². The van der Waals surface area contributed by atoms with Crippen LogP contribution in [0.15, 0.2) is 35.3 Å². The zero-order valence-electron chi connectivity index (χ0n) is 18.1. The average Bonchev–Trinajstić information content (AvgIpc) is 3.34. The molecule has 174 valence electrons. The van der Waals surface area contributed by atoms with Gasteiger partial charge in [0.05, 0.1) is 38.2 Å². The van der Waals surface area contributed by atoms with E-state index in [1.165, 1.54) is 29.1 Å². The highest BCUT2D eigenvalue weighted by Crippen LogP contribution is 2.35. The van der Waals surface area contributed by atoms with Crippen molar-refractivity contribution in [2.24, 2.45) is 0 Å². The molecule has 1 atom stereocenters. The first-order chi connectivity index (χ1) is 15.5. The number of hydrogen-bond acceptors (Lipinski definition) is 6. The Morgan fingerprint density at radius 1 is 1.21 bits per heavy atom. The van der Waals surface area contributed by atoms with Crippen LogP contribution in [-0.4, -0.2) is 49.0 Å². The molecule has 12 heteroatoms. The van der Waals surface area contributed by atoms with Crippen LogP contribution in [0.25, 0.3) is 16.7 Å². The number of nitro benzene ring substituents is 1. The number of likely N-dealkylation sites (tertiary alicyclic amines) is 1. The second-order valence-corrected chi connectivity index (χ2v) is 9.57. The molecule has 3 heterocycles. The van der Waals surface area contributed by atoms with Crippen molar-refractivity contribution < 1.29 is 14.5 Å². The van der Waals surface area contributed by atoms with E-state index in [0.29, 0.717) is 30.5 Å². The molecule has 1 amide bonds. The van der Waals surface area contributed by atoms with Crippen LogP contribution in [0.2, 0.25) is 10.0 Å². The number of nitrogens with zero attached hydrogens (tertiary/aromatic N) is 5. The molecule has 0 bridgehead atoms. The summed E-state index contributed by atoms with van der Waals surface area (Å²) in [5, 5.41) is 15.5. The normalized spacial score (nSPS) is 16.4. The molecular formula is C21H21Cl2N5O5. The Balaban J connectivity index is 1.73. The molecule has 1 aromatic carbocycles. The van der Waals surface area contributed by atoms with Gasteiger partial charge in [-0.1, -0.05) is 23.2 Å². The molecule has 33 heavy (non-hydrogen) atoms. The van der Waals surface area contributed by atoms with Gasteiger partial charge in [-0.25, -0.2) is 9.48 Å². The van der Waals surface area contributed by atoms with Crippen molar-refractivity contribution in [3.63, 3.8) is 0 Å². The molecule has 1 fully saturated rings. The first-order valence-corrected chi connectivity index (χ1v) is 10.9. The number of benzene rings is 1. The lowest BCUT2D eigenvalue weighted by atomic mass is 10.2. The standard InChI is InChI=1S/C21H21Cl2N5O5/c1-21(2,3)33-20(30)25-7-6-12(11-25)26-17-10-24-27(16(17)4-5-18(26)29)19-14(22)8-13(28(31)32)9-15(19)23/h4-5,8-10,12H,6-7,11H2,1-3H3. The summed E-state index contributed by atoms with van der Waals surface area (Å²) in [5.41, 5.74) is 0.253. The minimum atomic E-state index is -0.615. The predicted octanol–water partition coefficient (Wildman–Crippen LogP) is 4.58. The van der Waals surface area contributed by atoms with Crippen molar-refractivity contribution in [3.05, 3.63) is 61.0 Å². The number of amides is 1. The third-order valence-electron chi connectivity index (χ3n) is 5.27. The van der Waals surface area contributed by atoms with Crippen LogP contribution in [0, 0.1) is 10.1 Å². The third kappa shape index (κ3) is 4.40. The molecule has 0 N–H and O–H groups in total. The summed E-state index contributed by atoms with van der Waals surface area (Å²) in [7, 11) is 0. The average molecular weight is 494 g/mol. The Labute approximate surface area is 198 Å². The number of fused-ring (bicyclic) bond motifs is 1. The van der Waals surface area contributed by atoms with E-state index in [0.717, 1.165) is 0 Å². The largest absolute Gasteiger partial charge is 0.444 e. The van der Waals surface area contributed by atoms with Crippen LogP contribution in [0.4, 0.5) is 10.5 Å². The summed E-state index contributed by atoms with van der Waals surface area (Å²) in [6, 6.07) is 5.12. The zero-order valence-corrected chi connectivity index (χ0v) is 19.6. The first kappa shape index (κ1) is 23.1. The molecule has 1 aliphatic heterocycles. The maximum Gasteiger partial charge on any atom is 0.410 e. The number of rotatable bonds is 3. The first-order valence-electron chi connectivity index (χ1n) is 10.2. The van der Waals surface area contributed by atoms with E-state index in [1.54, 1.807) is 36.3 Å². The van der Waals surface area contributed by atoms with Crippen LogP contribution < -0.4 is 5.56 Å². The van der Waals surface area contributed by atoms with E-state index in [1.807, 2.05) is 0 Å². The van der Waals surface area contributed by atoms with E-state index >= 15 is 0 Å². The second kappa shape index (κ2) is 8.35. The number of ether oxygens (including phenoxy) is 1. The highest BCUT2D eigenvalue weighted by Gasteiger charge is 2.32. The van der Waals surface area contributed by atoms with E-state index < -0.39 is 16.6 Å². The molecule has 0 radical (unpaired) electrons. The van der Waals surface area contributed by atoms with Gasteiger partial charge in [0.15, 0.2) is 0 Å². The fourth-order valence-electron chi connectivity index (χ4n) is 3.90. The summed E-state index contributed by atoms with van der Waals surface area (Å²) in [5.74, 6) is 0. The summed E-state index contributed by atoms with van der Waals surface area (Å²) in [6.45, 7) is 6.17. The quantitative estimate of drug-likeness (QED) is 0.389. The molecule has 2 aromatic heterocycles. The Morgan fingerprint density at radius 2 is 1.88 bits per heavy atom. The van der Waals surface area contributed by atoms with E-state index in [-0.39, 0.29) is 33.0 Å². The molecule has 1 saturated heterocycles. The SMILES string of the molecule is CC(C)(C)OC(=O)N1CCC(n2c(=O)ccc3c2cnn3-c2c(Cl)cc([N+](=O)[O-])cc2Cl)C1. The highest BCUT2D eigenvalue weighted by atomic mass is 35.5. The van der Waals surface area contributed by atoms with Crippen LogP contribution in [0.3, 0.4) is 0 Å². The number of aromatic nitrogens is 3. The molecule has 3 aromatic rings. The van der Waals surface area contributed by atoms with Gasteiger partial charge in [-0.15, -0.1) is 0 Å². The van der Waals surface area contributed by atoms with E-state index in [4.69, 9.17) is 27.9 Å². The fraction of sp³-hybridized carbons (Fsp3) is 0.381. The smallest absolute Gasteiger partial charge is 0.410 e. The summed E-state index contributed by atoms with van der Waals surface area (Å²) in [4.78, 5) is 37.3. The summed E-state index contributed by atoms with van der Waals surface area (Å²) < 4.78 is 8.48. The molecule has 1 unspecified atom stereocenters. The van der Waals surface area contributed by atoms with Gasteiger partial charge in [0.1, 0.15) is 11.3 Å². The number of carbonyl (C=O) groups excluding carboxylic acids is 1. The number of halogens is 2. The minimum Gasteiger partial charge on any atom is -0.444 e. The van der Waals surface area contributed by atoms with Gasteiger partial charge in [-0.2, -0.15) is 5.10 Å². The molecule has 10 nitrogen and oxygen atoms in total. The lowest BCUT2D eigenvalue weighted by Crippen LogP contribution is -2.36. The van der Waals surface area contributed by atoms with E-state index in [2.05, 4.69) is 5.10 Å². The van der Waals surface area contributed by atoms with Gasteiger partial charge >= 0.3 is 6.09 Å². The van der Waals surface area contributed by atoms with Gasteiger partial charge in [-0.05, 0) is 33.3 Å². The number of nitro groups is 1. The number of carbonyl (C=O) groups is 1. The van der Waals surface area contributed by atoms with Gasteiger partial charge in [0, 0.05) is 31.3 Å². The maximum atomic E-state index is 12.8. The molecular weight excluding hydrogens is 473 g/mol. The van der Waals surface area contributed by atoms with Crippen LogP contribution in [0.5, 0.6) is 0 Å². The molecule has 0 saturated carbocycles. The lowest BCUT2D eigenvalue weighted by molar-refractivity contribution is -0.384. The van der Waals surface area contributed by atoms with Crippen molar-refractivity contribution in [2.75, 3.05) is 13.1 Å². The Hall–Kier alpha value is -3.11. The monoisotopic (exact) mass is 493 g/mol. The number of non-ortho nitro benzene ring substituents is 1. The molecule has 0 aliphatic carbocycles. The minimum absolute atomic E-state index is 0.0499. The van der Waals surface area contributed by atoms with Crippen molar-refractivity contribution in [1.82, 2.24) is 19.2 Å². The van der Waals surface area contributed by atoms with Crippen LogP contribution in [0.1, 0.15) is 33.2 Å². The Morgan fingerprint density at radius 3 is 2.48 bits per heavy atom. The van der Waals surface area contributed by atoms with E-state index in [9.17, 15) is 19.7 Å². The van der Waals surface area contributed by atoms with Gasteiger partial charge in [0.2, 0.25) is 0 Å². The second-order valence-electron chi connectivity index (χ2n) is 8.75. The highest BCUT2D eigenvalue weighted by molar-refractivity contribution is 6.38. The summed E-state index contributed by atoms with van der Waals surface area (Å²) >= 11 is 12.6. The predicted molar refractivity (Wildman–Crippen MR) is 123 cm³/mol. The number of pyridine rings is 1. The number of hydrogen-bond donors (Lipinski definition) is 0. The fourth-order valence-corrected chi connectivity index (χ4v) is 4.54. The van der Waals surface area contributed by atoms with Crippen molar-refractivity contribution >= 4 is 46.0 Å². The Kier molecular flexibility index (Phi) is 5.83. The summed E-state index contributed by atoms with van der Waals surface area (Å²) in [6.07, 6.45) is 1.66. The van der Waals surface area contributed by atoms with Crippen molar-refractivity contribution in [1.29, 1.82) is 0 Å². The molecule has 4 rings (SSSR count). The Bertz CT molecular complexity index is 1300.